The molecule has 4 nitrogen and oxygen atoms in total. The molecule has 1 aromatic carbocycles. The van der Waals surface area contributed by atoms with Crippen LogP contribution in [0.1, 0.15) is 12.5 Å². The number of fused-ring (bicyclic) bond motifs is 3. The number of rotatable bonds is 1. The Morgan fingerprint density at radius 2 is 2.11 bits per heavy atom. The summed E-state index contributed by atoms with van der Waals surface area (Å²) >= 11 is 0. The number of hydrogen-bond acceptors (Lipinski definition) is 3. The Kier molecular flexibility index (Phi) is 2.20. The molecule has 0 atom stereocenters. The SMILES string of the molecule is CCn1c2ccccc2c2cc(C#N)c(N)nc21. The van der Waals surface area contributed by atoms with Gasteiger partial charge in [-0.25, -0.2) is 4.98 Å². The van der Waals surface area contributed by atoms with Crippen LogP contribution < -0.4 is 5.73 Å². The van der Waals surface area contributed by atoms with E-state index in [4.69, 9.17) is 11.0 Å². The number of pyridine rings is 1. The van der Waals surface area contributed by atoms with Gasteiger partial charge in [0.1, 0.15) is 17.5 Å². The first-order valence-electron chi connectivity index (χ1n) is 5.83. The lowest BCUT2D eigenvalue weighted by molar-refractivity contribution is 0.817. The van der Waals surface area contributed by atoms with Crippen molar-refractivity contribution in [3.8, 4) is 6.07 Å². The average molecular weight is 236 g/mol. The second-order valence-corrected chi connectivity index (χ2v) is 4.17. The van der Waals surface area contributed by atoms with Crippen LogP contribution in [0.15, 0.2) is 30.3 Å². The third-order valence-corrected chi connectivity index (χ3v) is 3.21. The van der Waals surface area contributed by atoms with Crippen molar-refractivity contribution in [3.05, 3.63) is 35.9 Å². The number of nitriles is 1. The van der Waals surface area contributed by atoms with Gasteiger partial charge in [0.2, 0.25) is 0 Å². The van der Waals surface area contributed by atoms with Crippen LogP contribution in [0, 0.1) is 11.3 Å². The number of aryl methyl sites for hydroxylation is 1. The summed E-state index contributed by atoms with van der Waals surface area (Å²) in [5.41, 5.74) is 8.19. The molecule has 0 saturated heterocycles. The maximum atomic E-state index is 9.04. The van der Waals surface area contributed by atoms with Crippen molar-refractivity contribution in [1.29, 1.82) is 5.26 Å². The van der Waals surface area contributed by atoms with E-state index in [1.165, 1.54) is 0 Å². The van der Waals surface area contributed by atoms with E-state index in [-0.39, 0.29) is 0 Å². The summed E-state index contributed by atoms with van der Waals surface area (Å²) in [6.45, 7) is 2.89. The van der Waals surface area contributed by atoms with Crippen LogP contribution in [0.2, 0.25) is 0 Å². The van der Waals surface area contributed by atoms with Gasteiger partial charge in [0.15, 0.2) is 0 Å². The smallest absolute Gasteiger partial charge is 0.143 e. The Balaban J connectivity index is 2.57. The van der Waals surface area contributed by atoms with Crippen molar-refractivity contribution in [2.45, 2.75) is 13.5 Å². The molecule has 3 aromatic rings. The van der Waals surface area contributed by atoms with Gasteiger partial charge in [-0.05, 0) is 19.1 Å². The van der Waals surface area contributed by atoms with Crippen LogP contribution >= 0.6 is 0 Å². The van der Waals surface area contributed by atoms with E-state index in [0.29, 0.717) is 11.4 Å². The second-order valence-electron chi connectivity index (χ2n) is 4.17. The Morgan fingerprint density at radius 3 is 2.83 bits per heavy atom. The van der Waals surface area contributed by atoms with Gasteiger partial charge in [-0.15, -0.1) is 0 Å². The summed E-state index contributed by atoms with van der Waals surface area (Å²) in [7, 11) is 0. The maximum Gasteiger partial charge on any atom is 0.143 e. The highest BCUT2D eigenvalue weighted by molar-refractivity contribution is 6.07. The van der Waals surface area contributed by atoms with E-state index in [2.05, 4.69) is 28.6 Å². The van der Waals surface area contributed by atoms with Crippen LogP contribution in [-0.4, -0.2) is 9.55 Å². The minimum atomic E-state index is 0.294. The predicted octanol–water partition coefficient (Wildman–Crippen LogP) is 2.66. The molecule has 0 saturated carbocycles. The van der Waals surface area contributed by atoms with Crippen LogP contribution in [0.25, 0.3) is 21.9 Å². The number of benzene rings is 1. The van der Waals surface area contributed by atoms with Crippen molar-refractivity contribution in [2.75, 3.05) is 5.73 Å². The molecule has 0 bridgehead atoms. The highest BCUT2D eigenvalue weighted by Gasteiger charge is 2.12. The fraction of sp³-hybridized carbons (Fsp3) is 0.143. The molecule has 0 aliphatic carbocycles. The standard InChI is InChI=1S/C14H12N4/c1-2-18-12-6-4-3-5-10(12)11-7-9(8-15)13(16)17-14(11)18/h3-7H,2H2,1H3,(H2,16,17). The molecule has 3 rings (SSSR count). The molecule has 2 heterocycles. The first-order chi connectivity index (χ1) is 8.76. The monoisotopic (exact) mass is 236 g/mol. The Hall–Kier alpha value is -2.54. The zero-order chi connectivity index (χ0) is 12.7. The molecule has 0 spiro atoms. The van der Waals surface area contributed by atoms with Crippen molar-refractivity contribution < 1.29 is 0 Å². The zero-order valence-corrected chi connectivity index (χ0v) is 10.0. The molecule has 18 heavy (non-hydrogen) atoms. The molecule has 0 unspecified atom stereocenters. The summed E-state index contributed by atoms with van der Waals surface area (Å²) in [5, 5.41) is 11.1. The highest BCUT2D eigenvalue weighted by Crippen LogP contribution is 2.29. The van der Waals surface area contributed by atoms with E-state index < -0.39 is 0 Å². The molecule has 2 aromatic heterocycles. The molecule has 0 fully saturated rings. The number of aromatic nitrogens is 2. The molecule has 4 heteroatoms. The van der Waals surface area contributed by atoms with Gasteiger partial charge in [-0.3, -0.25) is 0 Å². The lowest BCUT2D eigenvalue weighted by atomic mass is 10.1. The van der Waals surface area contributed by atoms with E-state index in [0.717, 1.165) is 28.5 Å². The lowest BCUT2D eigenvalue weighted by Crippen LogP contribution is -1.99. The Labute approximate surface area is 104 Å². The molecule has 0 aliphatic heterocycles. The van der Waals surface area contributed by atoms with E-state index in [1.807, 2.05) is 24.3 Å². The normalized spacial score (nSPS) is 10.9. The number of nitrogens with two attached hydrogens (primary N) is 1. The topological polar surface area (TPSA) is 67.6 Å². The molecule has 2 N–H and O–H groups in total. The second kappa shape index (κ2) is 3.74. The van der Waals surface area contributed by atoms with E-state index in [1.54, 1.807) is 0 Å². The fourth-order valence-electron chi connectivity index (χ4n) is 2.38. The first-order valence-corrected chi connectivity index (χ1v) is 5.83. The van der Waals surface area contributed by atoms with Gasteiger partial charge < -0.3 is 10.3 Å². The zero-order valence-electron chi connectivity index (χ0n) is 10.0. The number of anilines is 1. The number of nitrogen functional groups attached to an aromatic ring is 1. The van der Waals surface area contributed by atoms with Crippen molar-refractivity contribution in [2.24, 2.45) is 0 Å². The largest absolute Gasteiger partial charge is 0.383 e. The van der Waals surface area contributed by atoms with Crippen molar-refractivity contribution in [1.82, 2.24) is 9.55 Å². The van der Waals surface area contributed by atoms with Gasteiger partial charge in [-0.2, -0.15) is 5.26 Å². The molecule has 0 radical (unpaired) electrons. The summed E-state index contributed by atoms with van der Waals surface area (Å²) in [6.07, 6.45) is 0. The van der Waals surface area contributed by atoms with Gasteiger partial charge >= 0.3 is 0 Å². The summed E-state index contributed by atoms with van der Waals surface area (Å²) in [6, 6.07) is 12.0. The van der Waals surface area contributed by atoms with Crippen molar-refractivity contribution in [3.63, 3.8) is 0 Å². The molecular weight excluding hydrogens is 224 g/mol. The summed E-state index contributed by atoms with van der Waals surface area (Å²) < 4.78 is 2.11. The van der Waals surface area contributed by atoms with Gasteiger partial charge in [0, 0.05) is 17.3 Å². The van der Waals surface area contributed by atoms with Gasteiger partial charge in [0.05, 0.1) is 11.1 Å². The molecule has 88 valence electrons. The average Bonchev–Trinajstić information content (AvgIpc) is 2.70. The van der Waals surface area contributed by atoms with Crippen LogP contribution in [0.4, 0.5) is 5.82 Å². The van der Waals surface area contributed by atoms with Crippen LogP contribution in [0.3, 0.4) is 0 Å². The molecule has 0 aliphatic rings. The van der Waals surface area contributed by atoms with Gasteiger partial charge in [-0.1, -0.05) is 18.2 Å². The number of para-hydroxylation sites is 1. The van der Waals surface area contributed by atoms with Gasteiger partial charge in [0.25, 0.3) is 0 Å². The highest BCUT2D eigenvalue weighted by atomic mass is 15.1. The van der Waals surface area contributed by atoms with Crippen LogP contribution in [-0.2, 0) is 6.54 Å². The minimum absolute atomic E-state index is 0.294. The third-order valence-electron chi connectivity index (χ3n) is 3.21. The first kappa shape index (κ1) is 10.6. The fourth-order valence-corrected chi connectivity index (χ4v) is 2.38. The van der Waals surface area contributed by atoms with Crippen LogP contribution in [0.5, 0.6) is 0 Å². The van der Waals surface area contributed by atoms with E-state index >= 15 is 0 Å². The summed E-state index contributed by atoms with van der Waals surface area (Å²) in [4.78, 5) is 4.37. The quantitative estimate of drug-likeness (QED) is 0.706. The van der Waals surface area contributed by atoms with Crippen molar-refractivity contribution >= 4 is 27.8 Å². The lowest BCUT2D eigenvalue weighted by Gasteiger charge is -2.02. The number of nitrogens with zero attached hydrogens (tertiary/aromatic N) is 3. The number of hydrogen-bond donors (Lipinski definition) is 1. The Morgan fingerprint density at radius 1 is 1.33 bits per heavy atom. The predicted molar refractivity (Wildman–Crippen MR) is 72.0 cm³/mol. The summed E-state index contributed by atoms with van der Waals surface area (Å²) in [5.74, 6) is 0.294. The maximum absolute atomic E-state index is 9.04. The Bertz CT molecular complexity index is 793. The molecule has 0 amide bonds. The third kappa shape index (κ3) is 1.28. The van der Waals surface area contributed by atoms with E-state index in [9.17, 15) is 0 Å². The minimum Gasteiger partial charge on any atom is -0.383 e. The molecular formula is C14H12N4.